The molecule has 0 aliphatic rings. The third kappa shape index (κ3) is 4.76. The second kappa shape index (κ2) is 7.24. The Bertz CT molecular complexity index is 427. The fraction of sp³-hybridized carbons (Fsp3) is 0.385. The Hall–Kier alpha value is -0.620. The number of allylic oxidation sites excluding steroid dienone is 1. The molecule has 0 nitrogen and oxygen atoms in total. The first-order valence-electron chi connectivity index (χ1n) is 5.73. The summed E-state index contributed by atoms with van der Waals surface area (Å²) >= 11 is 2.33. The third-order valence-electron chi connectivity index (χ3n) is 2.17. The van der Waals surface area contributed by atoms with Crippen molar-refractivity contribution in [3.63, 3.8) is 0 Å². The Morgan fingerprint density at radius 3 is 1.84 bits per heavy atom. The van der Waals surface area contributed by atoms with E-state index in [9.17, 15) is 17.6 Å². The number of thioether (sulfide) groups is 2. The van der Waals surface area contributed by atoms with Crippen LogP contribution in [-0.2, 0) is 0 Å². The Balaban J connectivity index is 3.34. The predicted molar refractivity (Wildman–Crippen MR) is 75.6 cm³/mol. The number of rotatable bonds is 5. The lowest BCUT2D eigenvalue weighted by atomic mass is 10.1. The molecule has 0 heterocycles. The summed E-state index contributed by atoms with van der Waals surface area (Å²) in [5.41, 5.74) is -0.669. The summed E-state index contributed by atoms with van der Waals surface area (Å²) < 4.78 is 52.8. The topological polar surface area (TPSA) is 0 Å². The average Bonchev–Trinajstić information content (AvgIpc) is 2.31. The van der Waals surface area contributed by atoms with E-state index in [0.717, 1.165) is 35.7 Å². The molecule has 0 unspecified atom stereocenters. The minimum absolute atomic E-state index is 0.00537. The van der Waals surface area contributed by atoms with Crippen LogP contribution in [-0.4, -0.2) is 17.7 Å². The van der Waals surface area contributed by atoms with E-state index in [2.05, 4.69) is 0 Å². The van der Waals surface area contributed by atoms with Crippen LogP contribution in [0.25, 0.3) is 5.57 Å². The molecular weight excluding hydrogens is 296 g/mol. The second-order valence-electron chi connectivity index (χ2n) is 3.53. The summed E-state index contributed by atoms with van der Waals surface area (Å²) in [7, 11) is 0. The molecule has 0 aliphatic heterocycles. The Labute approximate surface area is 118 Å². The SMILES string of the molecule is CCSC(SCC)=C(c1ccc(F)cc1)C(F)(F)F. The average molecular weight is 310 g/mol. The first-order chi connectivity index (χ1) is 8.90. The van der Waals surface area contributed by atoms with E-state index in [-0.39, 0.29) is 9.80 Å². The Morgan fingerprint density at radius 2 is 1.47 bits per heavy atom. The van der Waals surface area contributed by atoms with Gasteiger partial charge in [0, 0.05) is 0 Å². The molecule has 0 spiro atoms. The van der Waals surface area contributed by atoms with E-state index in [1.165, 1.54) is 12.1 Å². The van der Waals surface area contributed by atoms with E-state index >= 15 is 0 Å². The van der Waals surface area contributed by atoms with Crippen LogP contribution in [0, 0.1) is 5.82 Å². The van der Waals surface area contributed by atoms with Crippen molar-refractivity contribution in [2.75, 3.05) is 11.5 Å². The summed E-state index contributed by atoms with van der Waals surface area (Å²) in [6, 6.07) is 4.44. The molecule has 0 amide bonds. The van der Waals surface area contributed by atoms with Crippen molar-refractivity contribution in [2.45, 2.75) is 20.0 Å². The van der Waals surface area contributed by atoms with Crippen LogP contribution in [0.3, 0.4) is 0 Å². The van der Waals surface area contributed by atoms with Crippen LogP contribution in [0.15, 0.2) is 28.5 Å². The number of alkyl halides is 3. The third-order valence-corrected chi connectivity index (χ3v) is 4.39. The number of hydrogen-bond acceptors (Lipinski definition) is 2. The predicted octanol–water partition coefficient (Wildman–Crippen LogP) is 5.56. The normalized spacial score (nSPS) is 11.5. The van der Waals surface area contributed by atoms with Gasteiger partial charge in [0.25, 0.3) is 0 Å². The quantitative estimate of drug-likeness (QED) is 0.653. The lowest BCUT2D eigenvalue weighted by Crippen LogP contribution is -2.12. The fourth-order valence-electron chi connectivity index (χ4n) is 1.46. The van der Waals surface area contributed by atoms with E-state index < -0.39 is 17.6 Å². The van der Waals surface area contributed by atoms with Crippen LogP contribution in [0.1, 0.15) is 19.4 Å². The van der Waals surface area contributed by atoms with Gasteiger partial charge in [0.2, 0.25) is 0 Å². The molecule has 0 fully saturated rings. The largest absolute Gasteiger partial charge is 0.418 e. The minimum atomic E-state index is -4.45. The monoisotopic (exact) mass is 310 g/mol. The molecule has 1 aromatic rings. The molecule has 0 saturated heterocycles. The van der Waals surface area contributed by atoms with Gasteiger partial charge in [-0.3, -0.25) is 0 Å². The molecule has 0 saturated carbocycles. The van der Waals surface area contributed by atoms with Crippen molar-refractivity contribution < 1.29 is 17.6 Å². The van der Waals surface area contributed by atoms with Gasteiger partial charge in [-0.2, -0.15) is 13.2 Å². The maximum Gasteiger partial charge on any atom is 0.418 e. The lowest BCUT2D eigenvalue weighted by Gasteiger charge is -2.17. The molecule has 0 atom stereocenters. The fourth-order valence-corrected chi connectivity index (χ4v) is 3.78. The Morgan fingerprint density at radius 1 is 1.00 bits per heavy atom. The summed E-state index contributed by atoms with van der Waals surface area (Å²) in [6.45, 7) is 3.61. The van der Waals surface area contributed by atoms with Gasteiger partial charge in [-0.25, -0.2) is 4.39 Å². The van der Waals surface area contributed by atoms with Gasteiger partial charge in [0.15, 0.2) is 0 Å². The highest BCUT2D eigenvalue weighted by Crippen LogP contribution is 2.44. The van der Waals surface area contributed by atoms with Crippen molar-refractivity contribution in [1.82, 2.24) is 0 Å². The lowest BCUT2D eigenvalue weighted by molar-refractivity contribution is -0.0688. The van der Waals surface area contributed by atoms with E-state index in [1.807, 2.05) is 0 Å². The van der Waals surface area contributed by atoms with Gasteiger partial charge >= 0.3 is 6.18 Å². The maximum atomic E-state index is 13.2. The van der Waals surface area contributed by atoms with Crippen LogP contribution in [0.5, 0.6) is 0 Å². The van der Waals surface area contributed by atoms with Gasteiger partial charge in [0.05, 0.1) is 9.81 Å². The van der Waals surface area contributed by atoms with Crippen molar-refractivity contribution in [3.05, 3.63) is 39.9 Å². The highest BCUT2D eigenvalue weighted by molar-refractivity contribution is 8.22. The van der Waals surface area contributed by atoms with E-state index in [1.54, 1.807) is 13.8 Å². The smallest absolute Gasteiger partial charge is 0.207 e. The number of halogens is 4. The van der Waals surface area contributed by atoms with Crippen LogP contribution >= 0.6 is 23.5 Å². The van der Waals surface area contributed by atoms with Gasteiger partial charge in [-0.1, -0.05) is 26.0 Å². The molecule has 0 bridgehead atoms. The van der Waals surface area contributed by atoms with E-state index in [4.69, 9.17) is 0 Å². The summed E-state index contributed by atoms with van der Waals surface area (Å²) in [5, 5.41) is 0. The number of benzene rings is 1. The summed E-state index contributed by atoms with van der Waals surface area (Å²) in [5.74, 6) is 0.574. The highest BCUT2D eigenvalue weighted by atomic mass is 32.2. The summed E-state index contributed by atoms with van der Waals surface area (Å²) in [4.78, 5) is 0. The van der Waals surface area contributed by atoms with Gasteiger partial charge in [-0.05, 0) is 29.2 Å². The van der Waals surface area contributed by atoms with Crippen LogP contribution < -0.4 is 0 Å². The first kappa shape index (κ1) is 16.4. The molecular formula is C13H14F4S2. The first-order valence-corrected chi connectivity index (χ1v) is 7.70. The molecule has 0 N–H and O–H groups in total. The van der Waals surface area contributed by atoms with Crippen molar-refractivity contribution in [2.24, 2.45) is 0 Å². The zero-order valence-electron chi connectivity index (χ0n) is 10.6. The van der Waals surface area contributed by atoms with Gasteiger partial charge in [0.1, 0.15) is 5.82 Å². The molecule has 0 radical (unpaired) electrons. The van der Waals surface area contributed by atoms with Crippen molar-refractivity contribution >= 4 is 29.1 Å². The standard InChI is InChI=1S/C13H14F4S2/c1-3-18-12(19-4-2)11(13(15,16)17)9-5-7-10(14)8-6-9/h5-8H,3-4H2,1-2H3. The summed E-state index contributed by atoms with van der Waals surface area (Å²) in [6.07, 6.45) is -4.45. The second-order valence-corrected chi connectivity index (χ2v) is 6.34. The van der Waals surface area contributed by atoms with Crippen LogP contribution in [0.4, 0.5) is 17.6 Å². The highest BCUT2D eigenvalue weighted by Gasteiger charge is 2.37. The minimum Gasteiger partial charge on any atom is -0.207 e. The van der Waals surface area contributed by atoms with Crippen LogP contribution in [0.2, 0.25) is 0 Å². The molecule has 0 aliphatic carbocycles. The molecule has 106 valence electrons. The number of hydrogen-bond donors (Lipinski definition) is 0. The Kier molecular flexibility index (Phi) is 6.26. The maximum absolute atomic E-state index is 13.2. The van der Waals surface area contributed by atoms with Crippen molar-refractivity contribution in [3.8, 4) is 0 Å². The molecule has 6 heteroatoms. The van der Waals surface area contributed by atoms with Crippen molar-refractivity contribution in [1.29, 1.82) is 0 Å². The zero-order chi connectivity index (χ0) is 14.5. The molecule has 1 aromatic carbocycles. The molecule has 0 aromatic heterocycles. The van der Waals surface area contributed by atoms with E-state index in [0.29, 0.717) is 11.5 Å². The van der Waals surface area contributed by atoms with Gasteiger partial charge in [-0.15, -0.1) is 23.5 Å². The van der Waals surface area contributed by atoms with Gasteiger partial charge < -0.3 is 0 Å². The zero-order valence-corrected chi connectivity index (χ0v) is 12.2. The molecule has 19 heavy (non-hydrogen) atoms. The molecule has 1 rings (SSSR count).